The molecule has 0 spiro atoms. The minimum Gasteiger partial charge on any atom is -0.332 e. The summed E-state index contributed by atoms with van der Waals surface area (Å²) in [6.45, 7) is 8.73. The van der Waals surface area contributed by atoms with E-state index >= 15 is 0 Å². The molecular weight excluding hydrogens is 389 g/mol. The first-order chi connectivity index (χ1) is 14.8. The molecule has 3 aromatic rings. The fourth-order valence-electron chi connectivity index (χ4n) is 4.35. The average molecular weight is 418 g/mol. The highest BCUT2D eigenvalue weighted by atomic mass is 19.1. The van der Waals surface area contributed by atoms with Gasteiger partial charge in [-0.2, -0.15) is 0 Å². The van der Waals surface area contributed by atoms with Gasteiger partial charge in [-0.25, -0.2) is 9.37 Å². The lowest BCUT2D eigenvalue weighted by Crippen LogP contribution is -2.45. The molecule has 1 fully saturated rings. The van der Waals surface area contributed by atoms with Crippen molar-refractivity contribution in [3.63, 3.8) is 0 Å². The number of carbonyl (C=O) groups is 1. The molecule has 1 aliphatic heterocycles. The molecule has 2 aromatic carbocycles. The number of benzene rings is 2. The smallest absolute Gasteiger partial charge is 0.250 e. The number of aromatic nitrogens is 2. The van der Waals surface area contributed by atoms with Gasteiger partial charge < -0.3 is 9.47 Å². The van der Waals surface area contributed by atoms with Crippen LogP contribution in [0.25, 0.3) is 11.8 Å². The van der Waals surface area contributed by atoms with Gasteiger partial charge in [-0.1, -0.05) is 25.1 Å². The predicted molar refractivity (Wildman–Crippen MR) is 121 cm³/mol. The Bertz CT molecular complexity index is 1130. The lowest BCUT2D eigenvalue weighted by Gasteiger charge is -2.38. The minimum absolute atomic E-state index is 0.0579. The van der Waals surface area contributed by atoms with E-state index in [0.29, 0.717) is 6.54 Å². The molecule has 0 radical (unpaired) electrons. The van der Waals surface area contributed by atoms with E-state index in [2.05, 4.69) is 37.9 Å². The zero-order valence-electron chi connectivity index (χ0n) is 18.5. The maximum absolute atomic E-state index is 13.4. The highest BCUT2D eigenvalue weighted by molar-refractivity contribution is 5.99. The summed E-state index contributed by atoms with van der Waals surface area (Å²) < 4.78 is 15.3. The van der Waals surface area contributed by atoms with Crippen LogP contribution in [0.3, 0.4) is 0 Å². The number of amides is 1. The van der Waals surface area contributed by atoms with E-state index in [1.165, 1.54) is 12.1 Å². The molecule has 31 heavy (non-hydrogen) atoms. The number of carbonyl (C=O) groups excluding carboxylic acids is 1. The Kier molecular flexibility index (Phi) is 5.77. The Labute approximate surface area is 183 Å². The number of halogens is 1. The van der Waals surface area contributed by atoms with Crippen molar-refractivity contribution >= 4 is 12.0 Å². The number of hydrogen-bond donors (Lipinski definition) is 0. The number of nitrogens with zero attached hydrogens (tertiary/aromatic N) is 3. The van der Waals surface area contributed by atoms with Crippen LogP contribution in [0.15, 0.2) is 60.6 Å². The molecule has 0 unspecified atom stereocenters. The fourth-order valence-corrected chi connectivity index (χ4v) is 4.35. The van der Waals surface area contributed by atoms with Crippen LogP contribution in [-0.4, -0.2) is 26.4 Å². The molecule has 2 atom stereocenters. The van der Waals surface area contributed by atoms with Gasteiger partial charge in [0.05, 0.1) is 12.0 Å². The third-order valence-corrected chi connectivity index (χ3v) is 6.06. The highest BCUT2D eigenvalue weighted by Gasteiger charge is 2.33. The van der Waals surface area contributed by atoms with Crippen molar-refractivity contribution < 1.29 is 9.18 Å². The van der Waals surface area contributed by atoms with Gasteiger partial charge in [-0.3, -0.25) is 4.79 Å². The first kappa shape index (κ1) is 21.0. The van der Waals surface area contributed by atoms with Crippen molar-refractivity contribution in [2.75, 3.05) is 0 Å². The van der Waals surface area contributed by atoms with Gasteiger partial charge >= 0.3 is 0 Å². The molecule has 5 heteroatoms. The zero-order chi connectivity index (χ0) is 22.1. The van der Waals surface area contributed by atoms with Crippen molar-refractivity contribution in [1.29, 1.82) is 0 Å². The molecule has 160 valence electrons. The van der Waals surface area contributed by atoms with Crippen LogP contribution in [0.5, 0.6) is 0 Å². The summed E-state index contributed by atoms with van der Waals surface area (Å²) in [5.74, 6) is -0.0218. The predicted octanol–water partition coefficient (Wildman–Crippen LogP) is 5.47. The maximum Gasteiger partial charge on any atom is 0.250 e. The molecule has 0 N–H and O–H groups in total. The number of piperidine rings is 1. The van der Waals surface area contributed by atoms with Crippen molar-refractivity contribution in [2.24, 2.45) is 5.92 Å². The van der Waals surface area contributed by atoms with Crippen molar-refractivity contribution in [3.8, 4) is 5.69 Å². The number of aryl methyl sites for hydroxylation is 2. The fraction of sp³-hybridized carbons (Fsp3) is 0.308. The van der Waals surface area contributed by atoms with Crippen molar-refractivity contribution in [3.05, 3.63) is 88.8 Å². The normalized spacial score (nSPS) is 20.5. The van der Waals surface area contributed by atoms with E-state index in [4.69, 9.17) is 0 Å². The second kappa shape index (κ2) is 8.50. The molecular formula is C26H28FN3O. The van der Waals surface area contributed by atoms with Crippen LogP contribution in [0.4, 0.5) is 4.39 Å². The number of hydrogen-bond acceptors (Lipinski definition) is 2. The van der Waals surface area contributed by atoms with Crippen LogP contribution in [-0.2, 0) is 11.3 Å². The first-order valence-electron chi connectivity index (χ1n) is 10.7. The molecule has 4 nitrogen and oxygen atoms in total. The van der Waals surface area contributed by atoms with Crippen LogP contribution < -0.4 is 0 Å². The van der Waals surface area contributed by atoms with Gasteiger partial charge in [-0.05, 0) is 80.1 Å². The Morgan fingerprint density at radius 2 is 1.87 bits per heavy atom. The average Bonchev–Trinajstić information content (AvgIpc) is 3.16. The molecule has 1 amide bonds. The van der Waals surface area contributed by atoms with Gasteiger partial charge in [0.25, 0.3) is 5.91 Å². The lowest BCUT2D eigenvalue weighted by atomic mass is 9.86. The lowest BCUT2D eigenvalue weighted by molar-refractivity contribution is -0.132. The van der Waals surface area contributed by atoms with E-state index in [0.717, 1.165) is 40.1 Å². The van der Waals surface area contributed by atoms with E-state index in [9.17, 15) is 9.18 Å². The zero-order valence-corrected chi connectivity index (χ0v) is 18.5. The summed E-state index contributed by atoms with van der Waals surface area (Å²) >= 11 is 0. The van der Waals surface area contributed by atoms with E-state index in [1.54, 1.807) is 12.1 Å². The SMILES string of the molecule is Cc1cn(-c2ccc(/C=C3/C(=O)N(Cc4ccc(F)cc4)[C@H](C)C[C@H]3C)cc2C)cn1. The topological polar surface area (TPSA) is 38.1 Å². The van der Waals surface area contributed by atoms with Gasteiger partial charge in [0.15, 0.2) is 0 Å². The molecule has 1 aromatic heterocycles. The van der Waals surface area contributed by atoms with Gasteiger partial charge in [-0.15, -0.1) is 0 Å². The third-order valence-electron chi connectivity index (χ3n) is 6.06. The molecule has 0 aliphatic carbocycles. The summed E-state index contributed by atoms with van der Waals surface area (Å²) in [6.07, 6.45) is 6.75. The second-order valence-corrected chi connectivity index (χ2v) is 8.61. The second-order valence-electron chi connectivity index (χ2n) is 8.61. The number of likely N-dealkylation sites (tertiary alicyclic amines) is 1. The molecule has 1 saturated heterocycles. The summed E-state index contributed by atoms with van der Waals surface area (Å²) in [5, 5.41) is 0. The largest absolute Gasteiger partial charge is 0.332 e. The molecule has 0 bridgehead atoms. The Morgan fingerprint density at radius 3 is 2.52 bits per heavy atom. The molecule has 0 saturated carbocycles. The van der Waals surface area contributed by atoms with E-state index in [1.807, 2.05) is 41.1 Å². The van der Waals surface area contributed by atoms with Crippen LogP contribution in [0.2, 0.25) is 0 Å². The van der Waals surface area contributed by atoms with Crippen molar-refractivity contribution in [2.45, 2.75) is 46.7 Å². The summed E-state index contributed by atoms with van der Waals surface area (Å²) in [4.78, 5) is 19.6. The van der Waals surface area contributed by atoms with Crippen molar-refractivity contribution in [1.82, 2.24) is 14.5 Å². The Hall–Kier alpha value is -3.21. The van der Waals surface area contributed by atoms with Crippen LogP contribution >= 0.6 is 0 Å². The first-order valence-corrected chi connectivity index (χ1v) is 10.7. The summed E-state index contributed by atoms with van der Waals surface area (Å²) in [6, 6.07) is 12.7. The highest BCUT2D eigenvalue weighted by Crippen LogP contribution is 2.31. The summed E-state index contributed by atoms with van der Waals surface area (Å²) in [7, 11) is 0. The Balaban J connectivity index is 1.60. The third kappa shape index (κ3) is 4.46. The standard InChI is InChI=1S/C26H28FN3O/c1-17-11-20(4)30(15-21-5-8-23(27)9-6-21)26(31)24(17)13-22-7-10-25(18(2)12-22)29-14-19(3)28-16-29/h5-10,12-14,16-17,20H,11,15H2,1-4H3/b24-13+/t17-,20-/m1/s1. The van der Waals surface area contributed by atoms with Gasteiger partial charge in [0.1, 0.15) is 5.82 Å². The quantitative estimate of drug-likeness (QED) is 0.528. The number of imidazole rings is 1. The van der Waals surface area contributed by atoms with E-state index in [-0.39, 0.29) is 23.7 Å². The molecule has 4 rings (SSSR count). The Morgan fingerprint density at radius 1 is 1.13 bits per heavy atom. The van der Waals surface area contributed by atoms with Gasteiger partial charge in [0.2, 0.25) is 0 Å². The van der Waals surface area contributed by atoms with Crippen LogP contribution in [0.1, 0.15) is 42.7 Å². The van der Waals surface area contributed by atoms with E-state index < -0.39 is 0 Å². The molecule has 2 heterocycles. The number of rotatable bonds is 4. The van der Waals surface area contributed by atoms with Gasteiger partial charge in [0, 0.05) is 30.0 Å². The maximum atomic E-state index is 13.4. The minimum atomic E-state index is -0.263. The summed E-state index contributed by atoms with van der Waals surface area (Å²) in [5.41, 5.74) is 5.96. The monoisotopic (exact) mass is 417 g/mol. The van der Waals surface area contributed by atoms with Crippen LogP contribution in [0, 0.1) is 25.6 Å². The molecule has 1 aliphatic rings.